The maximum Gasteiger partial charge on any atom is 0.191 e. The minimum absolute atomic E-state index is 0.366. The highest BCUT2D eigenvalue weighted by molar-refractivity contribution is 5.79. The number of benzene rings is 1. The van der Waals surface area contributed by atoms with Gasteiger partial charge in [-0.05, 0) is 24.6 Å². The molecule has 1 atom stereocenters. The number of hydrogen-bond donors (Lipinski definition) is 3. The molecule has 1 aromatic carbocycles. The number of aliphatic hydroxyl groups excluding tert-OH is 1. The van der Waals surface area contributed by atoms with E-state index in [2.05, 4.69) is 15.6 Å². The summed E-state index contributed by atoms with van der Waals surface area (Å²) < 4.78 is 5.30. The van der Waals surface area contributed by atoms with Crippen LogP contribution in [-0.4, -0.2) is 36.8 Å². The number of rotatable bonds is 8. The molecule has 0 bridgehead atoms. The number of nitrogens with zero attached hydrogens (tertiary/aromatic N) is 1. The zero-order valence-corrected chi connectivity index (χ0v) is 13.5. The fraction of sp³-hybridized carbons (Fsp3) is 0.389. The second-order valence-electron chi connectivity index (χ2n) is 5.32. The van der Waals surface area contributed by atoms with Crippen molar-refractivity contribution < 1.29 is 9.52 Å². The molecule has 0 saturated carbocycles. The Labute approximate surface area is 137 Å². The van der Waals surface area contributed by atoms with E-state index in [-0.39, 0.29) is 0 Å². The fourth-order valence-corrected chi connectivity index (χ4v) is 2.25. The number of nitrogens with one attached hydrogen (secondary N) is 2. The van der Waals surface area contributed by atoms with Gasteiger partial charge in [0.25, 0.3) is 0 Å². The Hall–Kier alpha value is -2.27. The summed E-state index contributed by atoms with van der Waals surface area (Å²) in [5.41, 5.74) is 1.12. The van der Waals surface area contributed by atoms with Gasteiger partial charge in [0.15, 0.2) is 5.96 Å². The largest absolute Gasteiger partial charge is 0.469 e. The van der Waals surface area contributed by atoms with E-state index in [0.717, 1.165) is 30.8 Å². The van der Waals surface area contributed by atoms with Gasteiger partial charge < -0.3 is 20.2 Å². The molecule has 23 heavy (non-hydrogen) atoms. The second-order valence-corrected chi connectivity index (χ2v) is 5.32. The average Bonchev–Trinajstić information content (AvgIpc) is 3.07. The standard InChI is InChI=1S/C18H25N3O2/c1-2-19-18(20-11-10-17-9-6-12-23-17)21-14-16(22)13-15-7-4-3-5-8-15/h3-9,12,16,22H,2,10-11,13-14H2,1H3,(H2,19,20,21). The first-order valence-corrected chi connectivity index (χ1v) is 8.04. The number of aliphatic imine (C=N–C) groups is 1. The molecule has 0 saturated heterocycles. The number of furan rings is 1. The third kappa shape index (κ3) is 6.57. The van der Waals surface area contributed by atoms with Crippen molar-refractivity contribution in [1.82, 2.24) is 10.6 Å². The Morgan fingerprint density at radius 1 is 1.17 bits per heavy atom. The van der Waals surface area contributed by atoms with Gasteiger partial charge in [-0.25, -0.2) is 0 Å². The highest BCUT2D eigenvalue weighted by Gasteiger charge is 2.06. The summed E-state index contributed by atoms with van der Waals surface area (Å²) >= 11 is 0. The molecule has 0 aliphatic heterocycles. The van der Waals surface area contributed by atoms with Crippen LogP contribution in [0.3, 0.4) is 0 Å². The molecule has 0 spiro atoms. The minimum atomic E-state index is -0.488. The van der Waals surface area contributed by atoms with Gasteiger partial charge >= 0.3 is 0 Å². The zero-order valence-electron chi connectivity index (χ0n) is 13.5. The van der Waals surface area contributed by atoms with Crippen LogP contribution in [0.1, 0.15) is 18.2 Å². The molecular weight excluding hydrogens is 290 g/mol. The molecule has 1 heterocycles. The summed E-state index contributed by atoms with van der Waals surface area (Å²) in [5.74, 6) is 1.66. The van der Waals surface area contributed by atoms with Crippen LogP contribution in [0.5, 0.6) is 0 Å². The molecule has 2 rings (SSSR count). The molecule has 0 amide bonds. The van der Waals surface area contributed by atoms with E-state index < -0.39 is 6.10 Å². The maximum atomic E-state index is 10.1. The molecule has 2 aromatic rings. The fourth-order valence-electron chi connectivity index (χ4n) is 2.25. The lowest BCUT2D eigenvalue weighted by molar-refractivity contribution is 0.183. The molecule has 0 fully saturated rings. The van der Waals surface area contributed by atoms with E-state index in [1.54, 1.807) is 6.26 Å². The Morgan fingerprint density at radius 3 is 2.70 bits per heavy atom. The number of aliphatic hydroxyl groups is 1. The normalized spacial score (nSPS) is 12.9. The van der Waals surface area contributed by atoms with Gasteiger partial charge in [0.1, 0.15) is 5.76 Å². The van der Waals surface area contributed by atoms with Gasteiger partial charge in [-0.3, -0.25) is 4.99 Å². The van der Waals surface area contributed by atoms with Crippen LogP contribution in [0.15, 0.2) is 58.1 Å². The first-order chi connectivity index (χ1) is 11.3. The lowest BCUT2D eigenvalue weighted by Gasteiger charge is -2.13. The van der Waals surface area contributed by atoms with Gasteiger partial charge in [-0.2, -0.15) is 0 Å². The molecule has 5 nitrogen and oxygen atoms in total. The van der Waals surface area contributed by atoms with Crippen LogP contribution in [0, 0.1) is 0 Å². The molecule has 124 valence electrons. The summed E-state index contributed by atoms with van der Waals surface area (Å²) in [6.07, 6.45) is 2.59. The quantitative estimate of drug-likeness (QED) is 0.515. The van der Waals surface area contributed by atoms with Gasteiger partial charge in [0.2, 0.25) is 0 Å². The van der Waals surface area contributed by atoms with Crippen molar-refractivity contribution in [3.63, 3.8) is 0 Å². The van der Waals surface area contributed by atoms with E-state index in [4.69, 9.17) is 4.42 Å². The van der Waals surface area contributed by atoms with Crippen LogP contribution in [-0.2, 0) is 12.8 Å². The SMILES string of the molecule is CCNC(=NCC(O)Cc1ccccc1)NCCc1ccco1. The second kappa shape index (κ2) is 9.69. The summed E-state index contributed by atoms with van der Waals surface area (Å²) in [4.78, 5) is 4.44. The van der Waals surface area contributed by atoms with E-state index in [9.17, 15) is 5.11 Å². The van der Waals surface area contributed by atoms with Crippen molar-refractivity contribution in [3.8, 4) is 0 Å². The molecule has 0 aliphatic rings. The Kier molecular flexibility index (Phi) is 7.20. The van der Waals surface area contributed by atoms with Crippen LogP contribution in [0.4, 0.5) is 0 Å². The van der Waals surface area contributed by atoms with Crippen LogP contribution < -0.4 is 10.6 Å². The third-order valence-corrected chi connectivity index (χ3v) is 3.36. The van der Waals surface area contributed by atoms with Gasteiger partial charge in [-0.1, -0.05) is 30.3 Å². The summed E-state index contributed by atoms with van der Waals surface area (Å²) in [7, 11) is 0. The van der Waals surface area contributed by atoms with E-state index in [1.165, 1.54) is 0 Å². The lowest BCUT2D eigenvalue weighted by atomic mass is 10.1. The number of hydrogen-bond acceptors (Lipinski definition) is 3. The van der Waals surface area contributed by atoms with Gasteiger partial charge in [0.05, 0.1) is 18.9 Å². The van der Waals surface area contributed by atoms with E-state index in [1.807, 2.05) is 49.4 Å². The number of guanidine groups is 1. The van der Waals surface area contributed by atoms with Crippen molar-refractivity contribution in [2.45, 2.75) is 25.9 Å². The summed E-state index contributed by atoms with van der Waals surface area (Å²) in [5, 5.41) is 16.5. The van der Waals surface area contributed by atoms with Crippen LogP contribution in [0.25, 0.3) is 0 Å². The average molecular weight is 315 g/mol. The molecule has 1 unspecified atom stereocenters. The lowest BCUT2D eigenvalue weighted by Crippen LogP contribution is -2.39. The van der Waals surface area contributed by atoms with Crippen molar-refractivity contribution >= 4 is 5.96 Å². The minimum Gasteiger partial charge on any atom is -0.469 e. The van der Waals surface area contributed by atoms with Crippen LogP contribution in [0.2, 0.25) is 0 Å². The highest BCUT2D eigenvalue weighted by Crippen LogP contribution is 2.03. The monoisotopic (exact) mass is 315 g/mol. The Bertz CT molecular complexity index is 567. The smallest absolute Gasteiger partial charge is 0.191 e. The third-order valence-electron chi connectivity index (χ3n) is 3.36. The predicted octanol–water partition coefficient (Wildman–Crippen LogP) is 1.98. The Morgan fingerprint density at radius 2 is 2.00 bits per heavy atom. The maximum absolute atomic E-state index is 10.1. The first-order valence-electron chi connectivity index (χ1n) is 8.04. The Balaban J connectivity index is 1.77. The topological polar surface area (TPSA) is 69.8 Å². The van der Waals surface area contributed by atoms with Gasteiger partial charge in [0, 0.05) is 25.9 Å². The van der Waals surface area contributed by atoms with E-state index >= 15 is 0 Å². The molecule has 1 aromatic heterocycles. The van der Waals surface area contributed by atoms with Crippen molar-refractivity contribution in [2.24, 2.45) is 4.99 Å². The van der Waals surface area contributed by atoms with E-state index in [0.29, 0.717) is 18.9 Å². The summed E-state index contributed by atoms with van der Waals surface area (Å²) in [6, 6.07) is 13.8. The molecular formula is C18H25N3O2. The van der Waals surface area contributed by atoms with Gasteiger partial charge in [-0.15, -0.1) is 0 Å². The molecule has 5 heteroatoms. The molecule has 0 radical (unpaired) electrons. The summed E-state index contributed by atoms with van der Waals surface area (Å²) in [6.45, 7) is 3.89. The molecule has 0 aliphatic carbocycles. The predicted molar refractivity (Wildman–Crippen MR) is 92.5 cm³/mol. The highest BCUT2D eigenvalue weighted by atomic mass is 16.3. The van der Waals surface area contributed by atoms with Crippen molar-refractivity contribution in [3.05, 3.63) is 60.1 Å². The first kappa shape index (κ1) is 17.1. The van der Waals surface area contributed by atoms with Crippen molar-refractivity contribution in [1.29, 1.82) is 0 Å². The molecule has 3 N–H and O–H groups in total. The van der Waals surface area contributed by atoms with Crippen LogP contribution >= 0.6 is 0 Å². The van der Waals surface area contributed by atoms with Crippen molar-refractivity contribution in [2.75, 3.05) is 19.6 Å². The zero-order chi connectivity index (χ0) is 16.3.